The van der Waals surface area contributed by atoms with Gasteiger partial charge in [-0.2, -0.15) is 13.2 Å². The molecular weight excluding hydrogens is 239 g/mol. The minimum absolute atomic E-state index is 0.00734. The number of carboxylic acids is 1. The topological polar surface area (TPSA) is 72.6 Å². The van der Waals surface area contributed by atoms with Gasteiger partial charge in [0.2, 0.25) is 0 Å². The van der Waals surface area contributed by atoms with Gasteiger partial charge in [0, 0.05) is 0 Å². The van der Waals surface area contributed by atoms with E-state index >= 15 is 0 Å². The number of ether oxygens (including phenoxy) is 1. The van der Waals surface area contributed by atoms with E-state index in [1.54, 1.807) is 0 Å². The third kappa shape index (κ3) is 4.21. The lowest BCUT2D eigenvalue weighted by atomic mass is 10.2. The van der Waals surface area contributed by atoms with Gasteiger partial charge in [0.05, 0.1) is 24.3 Å². The third-order valence-electron chi connectivity index (χ3n) is 1.90. The number of halogens is 3. The molecule has 1 rings (SSSR count). The molecule has 1 aromatic carbocycles. The highest BCUT2D eigenvalue weighted by molar-refractivity contribution is 5.89. The zero-order valence-corrected chi connectivity index (χ0v) is 8.62. The Kier molecular flexibility index (Phi) is 3.82. The molecule has 3 N–H and O–H groups in total. The number of alkyl halides is 3. The fourth-order valence-electron chi connectivity index (χ4n) is 1.09. The summed E-state index contributed by atoms with van der Waals surface area (Å²) in [6, 6.07) is 3.57. The maximum absolute atomic E-state index is 11.8. The third-order valence-corrected chi connectivity index (χ3v) is 1.90. The van der Waals surface area contributed by atoms with E-state index in [0.29, 0.717) is 0 Å². The van der Waals surface area contributed by atoms with E-state index in [4.69, 9.17) is 15.6 Å². The van der Waals surface area contributed by atoms with Gasteiger partial charge >= 0.3 is 12.1 Å². The van der Waals surface area contributed by atoms with Crippen molar-refractivity contribution in [2.75, 3.05) is 12.3 Å². The number of nitrogen functional groups attached to an aromatic ring is 1. The lowest BCUT2D eigenvalue weighted by molar-refractivity contribution is -0.139. The van der Waals surface area contributed by atoms with Gasteiger partial charge in [-0.15, -0.1) is 0 Å². The lowest BCUT2D eigenvalue weighted by Gasteiger charge is -2.10. The second-order valence-corrected chi connectivity index (χ2v) is 3.27. The molecule has 0 saturated carbocycles. The van der Waals surface area contributed by atoms with Crippen molar-refractivity contribution in [3.05, 3.63) is 23.8 Å². The van der Waals surface area contributed by atoms with Crippen LogP contribution in [-0.2, 0) is 0 Å². The van der Waals surface area contributed by atoms with Crippen LogP contribution < -0.4 is 10.5 Å². The Labute approximate surface area is 94.8 Å². The van der Waals surface area contributed by atoms with Crippen molar-refractivity contribution < 1.29 is 27.8 Å². The van der Waals surface area contributed by atoms with E-state index in [0.717, 1.165) is 6.07 Å². The van der Waals surface area contributed by atoms with Gasteiger partial charge in [-0.3, -0.25) is 0 Å². The second-order valence-electron chi connectivity index (χ2n) is 3.27. The van der Waals surface area contributed by atoms with Crippen LogP contribution in [0.5, 0.6) is 5.75 Å². The molecule has 0 aliphatic heterocycles. The molecule has 0 bridgehead atoms. The molecule has 0 saturated heterocycles. The number of hydrogen-bond acceptors (Lipinski definition) is 3. The highest BCUT2D eigenvalue weighted by Crippen LogP contribution is 2.25. The van der Waals surface area contributed by atoms with Gasteiger partial charge in [0.1, 0.15) is 5.75 Å². The Balaban J connectivity index is 2.64. The monoisotopic (exact) mass is 249 g/mol. The minimum Gasteiger partial charge on any atom is -0.491 e. The number of anilines is 1. The second kappa shape index (κ2) is 4.94. The first kappa shape index (κ1) is 13.1. The van der Waals surface area contributed by atoms with Gasteiger partial charge in [0.25, 0.3) is 0 Å². The summed E-state index contributed by atoms with van der Waals surface area (Å²) in [5.41, 5.74) is 5.38. The molecule has 0 unspecified atom stereocenters. The van der Waals surface area contributed by atoms with Crippen LogP contribution >= 0.6 is 0 Å². The van der Waals surface area contributed by atoms with Crippen molar-refractivity contribution in [3.8, 4) is 5.75 Å². The maximum atomic E-state index is 11.8. The summed E-state index contributed by atoms with van der Waals surface area (Å²) in [6.07, 6.45) is -5.39. The number of benzene rings is 1. The molecule has 0 atom stereocenters. The molecule has 7 heteroatoms. The summed E-state index contributed by atoms with van der Waals surface area (Å²) >= 11 is 0. The van der Waals surface area contributed by atoms with Crippen LogP contribution in [0, 0.1) is 0 Å². The Morgan fingerprint density at radius 2 is 2.06 bits per heavy atom. The predicted octanol–water partition coefficient (Wildman–Crippen LogP) is 2.30. The average molecular weight is 249 g/mol. The van der Waals surface area contributed by atoms with E-state index in [9.17, 15) is 18.0 Å². The lowest BCUT2D eigenvalue weighted by Crippen LogP contribution is -2.13. The minimum atomic E-state index is -4.30. The van der Waals surface area contributed by atoms with E-state index < -0.39 is 25.2 Å². The highest BCUT2D eigenvalue weighted by Gasteiger charge is 2.26. The normalized spacial score (nSPS) is 11.2. The fourth-order valence-corrected chi connectivity index (χ4v) is 1.09. The van der Waals surface area contributed by atoms with Crippen molar-refractivity contribution in [2.24, 2.45) is 0 Å². The summed E-state index contributed by atoms with van der Waals surface area (Å²) in [5.74, 6) is -1.13. The molecule has 0 spiro atoms. The first-order valence-electron chi connectivity index (χ1n) is 4.62. The summed E-state index contributed by atoms with van der Waals surface area (Å²) in [4.78, 5) is 10.6. The Bertz CT molecular complexity index is 418. The molecule has 0 aromatic heterocycles. The van der Waals surface area contributed by atoms with Crippen LogP contribution in [0.25, 0.3) is 0 Å². The van der Waals surface area contributed by atoms with Crippen LogP contribution in [0.15, 0.2) is 18.2 Å². The molecule has 0 fully saturated rings. The molecule has 4 nitrogen and oxygen atoms in total. The van der Waals surface area contributed by atoms with Crippen LogP contribution in [0.1, 0.15) is 16.8 Å². The van der Waals surface area contributed by atoms with E-state index in [1.165, 1.54) is 12.1 Å². The molecule has 17 heavy (non-hydrogen) atoms. The van der Waals surface area contributed by atoms with Crippen LogP contribution in [0.4, 0.5) is 18.9 Å². The molecule has 0 amide bonds. The zero-order chi connectivity index (χ0) is 13.1. The van der Waals surface area contributed by atoms with Crippen molar-refractivity contribution >= 4 is 11.7 Å². The van der Waals surface area contributed by atoms with Crippen molar-refractivity contribution in [2.45, 2.75) is 12.6 Å². The van der Waals surface area contributed by atoms with Crippen LogP contribution in [0.2, 0.25) is 0 Å². The molecule has 94 valence electrons. The fraction of sp³-hybridized carbons (Fsp3) is 0.300. The van der Waals surface area contributed by atoms with Gasteiger partial charge in [-0.05, 0) is 18.2 Å². The van der Waals surface area contributed by atoms with Gasteiger partial charge < -0.3 is 15.6 Å². The first-order chi connectivity index (χ1) is 7.79. The van der Waals surface area contributed by atoms with Crippen LogP contribution in [0.3, 0.4) is 0 Å². The largest absolute Gasteiger partial charge is 0.491 e. The number of rotatable bonds is 4. The number of nitrogens with two attached hydrogens (primary N) is 1. The summed E-state index contributed by atoms with van der Waals surface area (Å²) in [7, 11) is 0. The average Bonchev–Trinajstić information content (AvgIpc) is 2.18. The molecule has 0 heterocycles. The molecule has 0 aliphatic rings. The maximum Gasteiger partial charge on any atom is 0.392 e. The zero-order valence-electron chi connectivity index (χ0n) is 8.62. The molecule has 0 radical (unpaired) electrons. The Morgan fingerprint density at radius 1 is 1.41 bits per heavy atom. The van der Waals surface area contributed by atoms with E-state index in [2.05, 4.69) is 0 Å². The highest BCUT2D eigenvalue weighted by atomic mass is 19.4. The number of hydrogen-bond donors (Lipinski definition) is 2. The number of carboxylic acid groups (broad SMARTS) is 1. The number of carbonyl (C=O) groups is 1. The Morgan fingerprint density at radius 3 is 2.53 bits per heavy atom. The predicted molar refractivity (Wildman–Crippen MR) is 54.0 cm³/mol. The summed E-state index contributed by atoms with van der Waals surface area (Å²) in [6.45, 7) is -0.555. The van der Waals surface area contributed by atoms with Gasteiger partial charge in [-0.1, -0.05) is 0 Å². The van der Waals surface area contributed by atoms with E-state index in [1.807, 2.05) is 0 Å². The first-order valence-corrected chi connectivity index (χ1v) is 4.62. The SMILES string of the molecule is Nc1cc(C(=O)O)ccc1OCCC(F)(F)F. The summed E-state index contributed by atoms with van der Waals surface area (Å²) < 4.78 is 40.3. The van der Waals surface area contributed by atoms with E-state index in [-0.39, 0.29) is 17.0 Å². The van der Waals surface area contributed by atoms with Crippen molar-refractivity contribution in [1.82, 2.24) is 0 Å². The molecule has 1 aromatic rings. The standard InChI is InChI=1S/C10H10F3NO3/c11-10(12,13)3-4-17-8-2-1-6(9(15)16)5-7(8)14/h1-2,5H,3-4,14H2,(H,15,16). The van der Waals surface area contributed by atoms with Gasteiger partial charge in [-0.25, -0.2) is 4.79 Å². The van der Waals surface area contributed by atoms with Gasteiger partial charge in [0.15, 0.2) is 0 Å². The molecular formula is C10H10F3NO3. The quantitative estimate of drug-likeness (QED) is 0.803. The number of aromatic carboxylic acids is 1. The molecule has 0 aliphatic carbocycles. The smallest absolute Gasteiger partial charge is 0.392 e. The van der Waals surface area contributed by atoms with Crippen molar-refractivity contribution in [3.63, 3.8) is 0 Å². The van der Waals surface area contributed by atoms with Crippen LogP contribution in [-0.4, -0.2) is 23.9 Å². The Hall–Kier alpha value is -1.92. The van der Waals surface area contributed by atoms with Crippen molar-refractivity contribution in [1.29, 1.82) is 0 Å². The summed E-state index contributed by atoms with van der Waals surface area (Å²) in [5, 5.41) is 8.64.